The molecule has 0 fully saturated rings. The van der Waals surface area contributed by atoms with Crippen molar-refractivity contribution < 1.29 is 8.94 Å². The minimum Gasteiger partial charge on any atom is -0.467 e. The maximum atomic E-state index is 5.55. The van der Waals surface area contributed by atoms with Gasteiger partial charge in [-0.1, -0.05) is 35.0 Å². The van der Waals surface area contributed by atoms with Gasteiger partial charge in [-0.05, 0) is 38.2 Å². The molecule has 0 bridgehead atoms. The highest BCUT2D eigenvalue weighted by molar-refractivity contribution is 7.80. The molecule has 0 spiro atoms. The Morgan fingerprint density at radius 3 is 2.64 bits per heavy atom. The van der Waals surface area contributed by atoms with E-state index in [0.29, 0.717) is 16.8 Å². The van der Waals surface area contributed by atoms with Gasteiger partial charge in [0.1, 0.15) is 11.8 Å². The van der Waals surface area contributed by atoms with Crippen LogP contribution < -0.4 is 10.6 Å². The average molecular weight is 352 g/mol. The zero-order valence-electron chi connectivity index (χ0n) is 13.7. The second-order valence-electron chi connectivity index (χ2n) is 5.87. The van der Waals surface area contributed by atoms with Gasteiger partial charge in [0.05, 0.1) is 11.8 Å². The number of aromatic nitrogens is 2. The number of hydrogen-bond donors (Lipinski definition) is 2. The van der Waals surface area contributed by atoms with Crippen LogP contribution in [0, 0.1) is 6.92 Å². The Hall–Kier alpha value is -2.93. The molecule has 1 aromatic carbocycles. The Bertz CT molecular complexity index is 942. The second kappa shape index (κ2) is 6.18. The van der Waals surface area contributed by atoms with Gasteiger partial charge in [-0.2, -0.15) is 4.98 Å². The van der Waals surface area contributed by atoms with E-state index in [1.165, 1.54) is 5.56 Å². The van der Waals surface area contributed by atoms with Crippen molar-refractivity contribution in [2.45, 2.75) is 19.9 Å². The van der Waals surface area contributed by atoms with Crippen molar-refractivity contribution in [3.8, 4) is 11.4 Å². The molecule has 0 saturated heterocycles. The molecule has 0 saturated carbocycles. The molecule has 1 aliphatic rings. The molecular weight excluding hydrogens is 336 g/mol. The molecule has 6 nitrogen and oxygen atoms in total. The smallest absolute Gasteiger partial charge is 0.258 e. The first-order valence-corrected chi connectivity index (χ1v) is 8.25. The normalized spacial score (nSPS) is 17.4. The first kappa shape index (κ1) is 15.6. The van der Waals surface area contributed by atoms with Crippen LogP contribution in [0.3, 0.4) is 0 Å². The number of rotatable bonds is 3. The molecule has 2 aromatic heterocycles. The molecule has 7 heteroatoms. The minimum atomic E-state index is -0.282. The van der Waals surface area contributed by atoms with Crippen LogP contribution in [0.1, 0.15) is 30.2 Å². The lowest BCUT2D eigenvalue weighted by atomic mass is 10.0. The van der Waals surface area contributed by atoms with E-state index in [1.807, 2.05) is 50.2 Å². The molecule has 2 N–H and O–H groups in total. The molecule has 4 rings (SSSR count). The largest absolute Gasteiger partial charge is 0.467 e. The van der Waals surface area contributed by atoms with Gasteiger partial charge in [0.25, 0.3) is 5.89 Å². The second-order valence-corrected chi connectivity index (χ2v) is 6.28. The molecule has 1 aliphatic heterocycles. The molecule has 0 radical (unpaired) electrons. The molecule has 25 heavy (non-hydrogen) atoms. The number of hydrogen-bond acceptors (Lipinski definition) is 5. The third-order valence-electron chi connectivity index (χ3n) is 4.06. The van der Waals surface area contributed by atoms with Crippen molar-refractivity contribution in [1.29, 1.82) is 0 Å². The minimum absolute atomic E-state index is 0.282. The summed E-state index contributed by atoms with van der Waals surface area (Å²) in [6.45, 7) is 3.96. The van der Waals surface area contributed by atoms with E-state index in [0.717, 1.165) is 22.6 Å². The quantitative estimate of drug-likeness (QED) is 0.698. The van der Waals surface area contributed by atoms with Crippen LogP contribution in [-0.4, -0.2) is 15.3 Å². The molecule has 0 aliphatic carbocycles. The van der Waals surface area contributed by atoms with Crippen LogP contribution >= 0.6 is 12.2 Å². The maximum Gasteiger partial charge on any atom is 0.258 e. The number of aryl methyl sites for hydroxylation is 1. The first-order chi connectivity index (χ1) is 12.1. The monoisotopic (exact) mass is 352 g/mol. The lowest BCUT2D eigenvalue weighted by Gasteiger charge is -2.27. The maximum absolute atomic E-state index is 5.55. The summed E-state index contributed by atoms with van der Waals surface area (Å²) in [6, 6.07) is 11.4. The van der Waals surface area contributed by atoms with E-state index in [-0.39, 0.29) is 6.04 Å². The molecule has 1 unspecified atom stereocenters. The van der Waals surface area contributed by atoms with Gasteiger partial charge >= 0.3 is 0 Å². The number of allylic oxidation sites excluding steroid dienone is 1. The SMILES string of the molecule is CC1=C(c2nc(-c3ccc(C)cc3)no2)C(c2ccco2)NC(=S)N1. The van der Waals surface area contributed by atoms with Gasteiger partial charge in [0, 0.05) is 11.3 Å². The summed E-state index contributed by atoms with van der Waals surface area (Å²) in [7, 11) is 0. The standard InChI is InChI=1S/C18H16N4O2S/c1-10-5-7-12(8-6-10)16-21-17(24-22-16)14-11(2)19-18(25)20-15(14)13-4-3-9-23-13/h3-9,15H,1-2H3,(H2,19,20,25). The summed E-state index contributed by atoms with van der Waals surface area (Å²) in [5.41, 5.74) is 3.75. The fourth-order valence-electron chi connectivity index (χ4n) is 2.80. The predicted octanol–water partition coefficient (Wildman–Crippen LogP) is 3.59. The van der Waals surface area contributed by atoms with Crippen molar-refractivity contribution in [3.05, 3.63) is 65.6 Å². The Balaban J connectivity index is 1.75. The average Bonchev–Trinajstić information content (AvgIpc) is 3.26. The first-order valence-electron chi connectivity index (χ1n) is 7.84. The molecule has 3 heterocycles. The van der Waals surface area contributed by atoms with Gasteiger partial charge in [-0.15, -0.1) is 0 Å². The summed E-state index contributed by atoms with van der Waals surface area (Å²) >= 11 is 5.27. The number of nitrogens with one attached hydrogen (secondary N) is 2. The highest BCUT2D eigenvalue weighted by atomic mass is 32.1. The zero-order chi connectivity index (χ0) is 17.4. The van der Waals surface area contributed by atoms with Crippen molar-refractivity contribution in [2.75, 3.05) is 0 Å². The number of benzene rings is 1. The van der Waals surface area contributed by atoms with Gasteiger partial charge in [0.15, 0.2) is 5.11 Å². The van der Waals surface area contributed by atoms with Crippen LogP contribution in [0.25, 0.3) is 17.0 Å². The van der Waals surface area contributed by atoms with E-state index in [4.69, 9.17) is 21.2 Å². The molecule has 0 amide bonds. The predicted molar refractivity (Wildman–Crippen MR) is 97.4 cm³/mol. The molecule has 126 valence electrons. The van der Waals surface area contributed by atoms with Crippen LogP contribution in [-0.2, 0) is 0 Å². The van der Waals surface area contributed by atoms with E-state index < -0.39 is 0 Å². The topological polar surface area (TPSA) is 76.1 Å². The van der Waals surface area contributed by atoms with E-state index in [1.54, 1.807) is 6.26 Å². The Morgan fingerprint density at radius 1 is 1.12 bits per heavy atom. The Kier molecular flexibility index (Phi) is 3.85. The lowest BCUT2D eigenvalue weighted by Crippen LogP contribution is -2.42. The van der Waals surface area contributed by atoms with E-state index >= 15 is 0 Å². The third-order valence-corrected chi connectivity index (χ3v) is 4.28. The van der Waals surface area contributed by atoms with Crippen LogP contribution in [0.4, 0.5) is 0 Å². The summed E-state index contributed by atoms with van der Waals surface area (Å²) in [5, 5.41) is 11.0. The number of thiocarbonyl (C=S) groups is 1. The van der Waals surface area contributed by atoms with Gasteiger partial charge in [-0.25, -0.2) is 0 Å². The van der Waals surface area contributed by atoms with Gasteiger partial charge < -0.3 is 19.6 Å². The summed E-state index contributed by atoms with van der Waals surface area (Å²) < 4.78 is 11.1. The number of furan rings is 1. The van der Waals surface area contributed by atoms with Gasteiger partial charge in [0.2, 0.25) is 5.82 Å². The lowest BCUT2D eigenvalue weighted by molar-refractivity contribution is 0.399. The third kappa shape index (κ3) is 2.94. The molecular formula is C18H16N4O2S. The van der Waals surface area contributed by atoms with Crippen molar-refractivity contribution in [3.63, 3.8) is 0 Å². The zero-order valence-corrected chi connectivity index (χ0v) is 14.6. The Labute approximate surface area is 149 Å². The van der Waals surface area contributed by atoms with Crippen molar-refractivity contribution in [1.82, 2.24) is 20.8 Å². The highest BCUT2D eigenvalue weighted by Gasteiger charge is 2.31. The van der Waals surface area contributed by atoms with Crippen LogP contribution in [0.2, 0.25) is 0 Å². The fraction of sp³-hybridized carbons (Fsp3) is 0.167. The van der Waals surface area contributed by atoms with Crippen molar-refractivity contribution in [2.24, 2.45) is 0 Å². The Morgan fingerprint density at radius 2 is 1.92 bits per heavy atom. The van der Waals surface area contributed by atoms with Crippen molar-refractivity contribution >= 4 is 22.9 Å². The summed E-state index contributed by atoms with van der Waals surface area (Å²) in [5.74, 6) is 1.70. The highest BCUT2D eigenvalue weighted by Crippen LogP contribution is 2.34. The summed E-state index contributed by atoms with van der Waals surface area (Å²) in [4.78, 5) is 4.57. The molecule has 1 atom stereocenters. The van der Waals surface area contributed by atoms with Crippen LogP contribution in [0.15, 0.2) is 57.3 Å². The fourth-order valence-corrected chi connectivity index (χ4v) is 3.07. The number of nitrogens with zero attached hydrogens (tertiary/aromatic N) is 2. The van der Waals surface area contributed by atoms with Crippen LogP contribution in [0.5, 0.6) is 0 Å². The van der Waals surface area contributed by atoms with E-state index in [2.05, 4.69) is 20.8 Å². The molecule has 3 aromatic rings. The van der Waals surface area contributed by atoms with Gasteiger partial charge in [-0.3, -0.25) is 0 Å². The van der Waals surface area contributed by atoms with E-state index in [9.17, 15) is 0 Å². The summed E-state index contributed by atoms with van der Waals surface area (Å²) in [6.07, 6.45) is 1.63.